The third kappa shape index (κ3) is 2.49. The first kappa shape index (κ1) is 13.3. The Labute approximate surface area is 119 Å². The summed E-state index contributed by atoms with van der Waals surface area (Å²) in [5.74, 6) is 0.687. The number of H-pyrrole nitrogens is 2. The Morgan fingerprint density at radius 2 is 2.10 bits per heavy atom. The van der Waals surface area contributed by atoms with E-state index in [-0.39, 0.29) is 0 Å². The van der Waals surface area contributed by atoms with E-state index in [4.69, 9.17) is 0 Å². The lowest BCUT2D eigenvalue weighted by molar-refractivity contribution is 0.718. The minimum Gasteiger partial charge on any atom is -0.336 e. The third-order valence-electron chi connectivity index (χ3n) is 3.37. The Balaban J connectivity index is 1.96. The first-order valence-electron chi connectivity index (χ1n) is 6.79. The van der Waals surface area contributed by atoms with E-state index < -0.39 is 11.2 Å². The summed E-state index contributed by atoms with van der Waals surface area (Å²) in [5.41, 5.74) is 0.991. The standard InChI is InChI=1S/C14H15N5O2/c1-2-19-12-11(13(20)18-14(19)21)16-10(17-12)6-5-9-4-3-7-15-8-9/h3-4,7-8H,2,5-6H2,1H3,(H,16,17)(H,18,20,21). The highest BCUT2D eigenvalue weighted by Gasteiger charge is 2.11. The minimum atomic E-state index is -0.431. The lowest BCUT2D eigenvalue weighted by atomic mass is 10.1. The Morgan fingerprint density at radius 3 is 2.81 bits per heavy atom. The molecule has 2 N–H and O–H groups in total. The summed E-state index contributed by atoms with van der Waals surface area (Å²) < 4.78 is 1.45. The van der Waals surface area contributed by atoms with Gasteiger partial charge in [0.15, 0.2) is 5.65 Å². The molecule has 0 amide bonds. The van der Waals surface area contributed by atoms with Crippen LogP contribution in [0.4, 0.5) is 0 Å². The van der Waals surface area contributed by atoms with Crippen LogP contribution in [0.3, 0.4) is 0 Å². The van der Waals surface area contributed by atoms with E-state index in [1.165, 1.54) is 4.57 Å². The topological polar surface area (TPSA) is 96.4 Å². The van der Waals surface area contributed by atoms with Gasteiger partial charge in [-0.25, -0.2) is 9.78 Å². The van der Waals surface area contributed by atoms with Crippen molar-refractivity contribution in [3.63, 3.8) is 0 Å². The summed E-state index contributed by atoms with van der Waals surface area (Å²) in [5, 5.41) is 0. The largest absolute Gasteiger partial charge is 0.336 e. The van der Waals surface area contributed by atoms with E-state index in [0.29, 0.717) is 30.0 Å². The van der Waals surface area contributed by atoms with Crippen molar-refractivity contribution in [3.8, 4) is 0 Å². The summed E-state index contributed by atoms with van der Waals surface area (Å²) in [6.07, 6.45) is 4.95. The van der Waals surface area contributed by atoms with Gasteiger partial charge in [-0.15, -0.1) is 0 Å². The summed E-state index contributed by atoms with van der Waals surface area (Å²) in [6.45, 7) is 2.29. The Morgan fingerprint density at radius 1 is 1.24 bits per heavy atom. The van der Waals surface area contributed by atoms with Crippen LogP contribution in [0.2, 0.25) is 0 Å². The molecule has 0 atom stereocenters. The van der Waals surface area contributed by atoms with Gasteiger partial charge in [-0.3, -0.25) is 19.3 Å². The molecule has 0 radical (unpaired) electrons. The molecule has 108 valence electrons. The number of aromatic amines is 2. The monoisotopic (exact) mass is 285 g/mol. The molecule has 0 saturated carbocycles. The van der Waals surface area contributed by atoms with Crippen LogP contribution in [0.5, 0.6) is 0 Å². The molecule has 0 saturated heterocycles. The SMILES string of the molecule is CCn1c(=O)[nH]c(=O)c2[nH]c(CCc3cccnc3)nc21. The maximum atomic E-state index is 11.8. The molecule has 3 rings (SSSR count). The quantitative estimate of drug-likeness (QED) is 0.734. The van der Waals surface area contributed by atoms with E-state index >= 15 is 0 Å². The number of nitrogens with one attached hydrogen (secondary N) is 2. The molecular formula is C14H15N5O2. The van der Waals surface area contributed by atoms with Gasteiger partial charge in [-0.2, -0.15) is 0 Å². The van der Waals surface area contributed by atoms with Crippen molar-refractivity contribution in [1.29, 1.82) is 0 Å². The maximum Gasteiger partial charge on any atom is 0.330 e. The highest BCUT2D eigenvalue weighted by molar-refractivity contribution is 5.69. The molecule has 3 aromatic rings. The number of rotatable bonds is 4. The second-order valence-corrected chi connectivity index (χ2v) is 4.75. The van der Waals surface area contributed by atoms with Crippen molar-refractivity contribution >= 4 is 11.2 Å². The van der Waals surface area contributed by atoms with E-state index in [1.807, 2.05) is 19.1 Å². The highest BCUT2D eigenvalue weighted by atomic mass is 16.2. The van der Waals surface area contributed by atoms with Crippen LogP contribution in [0.25, 0.3) is 11.2 Å². The summed E-state index contributed by atoms with van der Waals surface area (Å²) in [7, 11) is 0. The molecular weight excluding hydrogens is 270 g/mol. The fourth-order valence-electron chi connectivity index (χ4n) is 2.31. The highest BCUT2D eigenvalue weighted by Crippen LogP contribution is 2.08. The average molecular weight is 285 g/mol. The van der Waals surface area contributed by atoms with Gasteiger partial charge in [-0.05, 0) is 25.0 Å². The zero-order valence-corrected chi connectivity index (χ0v) is 11.6. The van der Waals surface area contributed by atoms with Gasteiger partial charge in [-0.1, -0.05) is 6.07 Å². The molecule has 7 nitrogen and oxygen atoms in total. The minimum absolute atomic E-state index is 0.345. The molecule has 21 heavy (non-hydrogen) atoms. The van der Waals surface area contributed by atoms with E-state index in [2.05, 4.69) is 19.9 Å². The van der Waals surface area contributed by atoms with Gasteiger partial charge in [0.25, 0.3) is 5.56 Å². The fourth-order valence-corrected chi connectivity index (χ4v) is 2.31. The smallest absolute Gasteiger partial charge is 0.330 e. The predicted molar refractivity (Wildman–Crippen MR) is 78.3 cm³/mol. The average Bonchev–Trinajstić information content (AvgIpc) is 2.91. The van der Waals surface area contributed by atoms with Crippen LogP contribution in [0.1, 0.15) is 18.3 Å². The van der Waals surface area contributed by atoms with Gasteiger partial charge >= 0.3 is 5.69 Å². The number of fused-ring (bicyclic) bond motifs is 1. The van der Waals surface area contributed by atoms with Crippen LogP contribution < -0.4 is 11.2 Å². The number of pyridine rings is 1. The summed E-state index contributed by atoms with van der Waals surface area (Å²) in [4.78, 5) is 37.3. The molecule has 3 heterocycles. The van der Waals surface area contributed by atoms with E-state index in [1.54, 1.807) is 12.4 Å². The van der Waals surface area contributed by atoms with Crippen molar-refractivity contribution in [2.75, 3.05) is 0 Å². The number of hydrogen-bond donors (Lipinski definition) is 2. The lowest BCUT2D eigenvalue weighted by Gasteiger charge is -1.99. The predicted octanol–water partition coefficient (Wildman–Crippen LogP) is 0.613. The van der Waals surface area contributed by atoms with Gasteiger partial charge in [0.05, 0.1) is 0 Å². The Bertz CT molecular complexity index is 876. The van der Waals surface area contributed by atoms with Crippen LogP contribution >= 0.6 is 0 Å². The van der Waals surface area contributed by atoms with Crippen LogP contribution in [-0.4, -0.2) is 24.5 Å². The molecule has 0 aromatic carbocycles. The second kappa shape index (κ2) is 5.35. The number of nitrogens with zero attached hydrogens (tertiary/aromatic N) is 3. The number of hydrogen-bond acceptors (Lipinski definition) is 4. The zero-order valence-electron chi connectivity index (χ0n) is 11.6. The maximum absolute atomic E-state index is 11.8. The molecule has 0 unspecified atom stereocenters. The molecule has 0 bridgehead atoms. The molecule has 7 heteroatoms. The number of aryl methyl sites for hydroxylation is 3. The van der Waals surface area contributed by atoms with Crippen LogP contribution in [-0.2, 0) is 19.4 Å². The van der Waals surface area contributed by atoms with Crippen LogP contribution in [0, 0.1) is 0 Å². The summed E-state index contributed by atoms with van der Waals surface area (Å²) in [6, 6.07) is 3.87. The van der Waals surface area contributed by atoms with Gasteiger partial charge < -0.3 is 4.98 Å². The van der Waals surface area contributed by atoms with Crippen molar-refractivity contribution in [1.82, 2.24) is 24.5 Å². The number of imidazole rings is 1. The first-order valence-corrected chi connectivity index (χ1v) is 6.79. The van der Waals surface area contributed by atoms with Crippen molar-refractivity contribution in [2.45, 2.75) is 26.3 Å². The Kier molecular flexibility index (Phi) is 3.39. The second-order valence-electron chi connectivity index (χ2n) is 4.75. The molecule has 3 aromatic heterocycles. The van der Waals surface area contributed by atoms with Gasteiger partial charge in [0, 0.05) is 25.4 Å². The van der Waals surface area contributed by atoms with Crippen LogP contribution in [0.15, 0.2) is 34.1 Å². The zero-order chi connectivity index (χ0) is 14.8. The normalized spacial score (nSPS) is 11.1. The third-order valence-corrected chi connectivity index (χ3v) is 3.37. The van der Waals surface area contributed by atoms with E-state index in [9.17, 15) is 9.59 Å². The molecule has 0 aliphatic heterocycles. The van der Waals surface area contributed by atoms with Crippen molar-refractivity contribution < 1.29 is 0 Å². The van der Waals surface area contributed by atoms with Crippen molar-refractivity contribution in [3.05, 3.63) is 56.8 Å². The Hall–Kier alpha value is -2.70. The van der Waals surface area contributed by atoms with Gasteiger partial charge in [0.1, 0.15) is 11.3 Å². The first-order chi connectivity index (χ1) is 10.2. The molecule has 0 aliphatic rings. The van der Waals surface area contributed by atoms with E-state index in [0.717, 1.165) is 12.0 Å². The summed E-state index contributed by atoms with van der Waals surface area (Å²) >= 11 is 0. The van der Waals surface area contributed by atoms with Crippen molar-refractivity contribution in [2.24, 2.45) is 0 Å². The number of aromatic nitrogens is 5. The molecule has 0 fully saturated rings. The lowest BCUT2D eigenvalue weighted by Crippen LogP contribution is -2.29. The molecule has 0 spiro atoms. The van der Waals surface area contributed by atoms with Gasteiger partial charge in [0.2, 0.25) is 0 Å². The fraction of sp³-hybridized carbons (Fsp3) is 0.286. The molecule has 0 aliphatic carbocycles.